The summed E-state index contributed by atoms with van der Waals surface area (Å²) in [5.74, 6) is -1.49. The van der Waals surface area contributed by atoms with Crippen LogP contribution in [0.25, 0.3) is 0 Å². The van der Waals surface area contributed by atoms with E-state index in [-0.39, 0.29) is 6.54 Å². The maximum Gasteiger partial charge on any atom is 0.407 e. The van der Waals surface area contributed by atoms with Crippen molar-refractivity contribution in [3.8, 4) is 0 Å². The average Bonchev–Trinajstić information content (AvgIpc) is 3.16. The van der Waals surface area contributed by atoms with E-state index in [1.54, 1.807) is 51.1 Å². The van der Waals surface area contributed by atoms with Gasteiger partial charge in [0.1, 0.15) is 12.1 Å². The number of carbonyl (C=O) groups is 3. The molecule has 7 nitrogen and oxygen atoms in total. The fourth-order valence-electron chi connectivity index (χ4n) is 3.60. The van der Waals surface area contributed by atoms with Crippen LogP contribution in [0.15, 0.2) is 42.5 Å². The zero-order valence-corrected chi connectivity index (χ0v) is 18.1. The van der Waals surface area contributed by atoms with Gasteiger partial charge in [0.05, 0.1) is 0 Å². The lowest BCUT2D eigenvalue weighted by Gasteiger charge is -2.22. The van der Waals surface area contributed by atoms with E-state index < -0.39 is 30.1 Å². The number of carboxylic acids is 1. The summed E-state index contributed by atoms with van der Waals surface area (Å²) < 4.78 is 5.22. The third-order valence-electron chi connectivity index (χ3n) is 4.94. The van der Waals surface area contributed by atoms with Gasteiger partial charge in [-0.2, -0.15) is 0 Å². The van der Waals surface area contributed by atoms with Gasteiger partial charge in [0.2, 0.25) is 0 Å². The van der Waals surface area contributed by atoms with E-state index in [2.05, 4.69) is 5.32 Å². The highest BCUT2D eigenvalue weighted by atomic mass is 16.6. The van der Waals surface area contributed by atoms with E-state index in [9.17, 15) is 19.5 Å². The molecule has 2 aromatic rings. The van der Waals surface area contributed by atoms with Gasteiger partial charge in [0.25, 0.3) is 5.91 Å². The number of rotatable bonds is 6. The fraction of sp³-hybridized carbons (Fsp3) is 0.375. The van der Waals surface area contributed by atoms with Crippen molar-refractivity contribution >= 4 is 23.7 Å². The Morgan fingerprint density at radius 1 is 1.06 bits per heavy atom. The van der Waals surface area contributed by atoms with Crippen LogP contribution in [0.5, 0.6) is 0 Å². The molecule has 0 aromatic heterocycles. The summed E-state index contributed by atoms with van der Waals surface area (Å²) in [5.41, 5.74) is 3.45. The maximum atomic E-state index is 13.2. The molecule has 2 N–H and O–H groups in total. The molecule has 2 aromatic carbocycles. The smallest absolute Gasteiger partial charge is 0.407 e. The van der Waals surface area contributed by atoms with Crippen molar-refractivity contribution in [2.24, 2.45) is 0 Å². The van der Waals surface area contributed by atoms with Crippen LogP contribution in [0.1, 0.15) is 54.2 Å². The number of nitrogens with zero attached hydrogens (tertiary/aromatic N) is 1. The van der Waals surface area contributed by atoms with Crippen LogP contribution in [-0.2, 0) is 28.9 Å². The van der Waals surface area contributed by atoms with Crippen molar-refractivity contribution in [3.05, 3.63) is 64.7 Å². The first-order chi connectivity index (χ1) is 14.6. The normalized spacial score (nSPS) is 12.7. The lowest BCUT2D eigenvalue weighted by Crippen LogP contribution is -2.36. The van der Waals surface area contributed by atoms with Crippen LogP contribution in [0, 0.1) is 0 Å². The molecular weight excluding hydrogens is 396 g/mol. The Morgan fingerprint density at radius 3 is 2.52 bits per heavy atom. The number of amides is 2. The van der Waals surface area contributed by atoms with Crippen LogP contribution < -0.4 is 10.2 Å². The Kier molecular flexibility index (Phi) is 6.63. The maximum absolute atomic E-state index is 13.2. The van der Waals surface area contributed by atoms with E-state index in [1.165, 1.54) is 10.5 Å². The van der Waals surface area contributed by atoms with Crippen LogP contribution in [0.2, 0.25) is 0 Å². The number of benzene rings is 2. The van der Waals surface area contributed by atoms with Crippen molar-refractivity contribution in [3.63, 3.8) is 0 Å². The number of fused-ring (bicyclic) bond motifs is 1. The molecule has 31 heavy (non-hydrogen) atoms. The van der Waals surface area contributed by atoms with Gasteiger partial charge in [-0.25, -0.2) is 4.79 Å². The summed E-state index contributed by atoms with van der Waals surface area (Å²) in [5, 5.41) is 12.0. The molecule has 0 saturated heterocycles. The van der Waals surface area contributed by atoms with Gasteiger partial charge in [-0.1, -0.05) is 18.2 Å². The first kappa shape index (κ1) is 22.3. The molecule has 0 bridgehead atoms. The summed E-state index contributed by atoms with van der Waals surface area (Å²) >= 11 is 0. The number of hydrogen-bond donors (Lipinski definition) is 2. The SMILES string of the molecule is CC(C)(C)OC(=O)NCc1cccc(C(=O)N(CC(=O)O)c2ccc3c(c2)CCC3)c1. The van der Waals surface area contributed by atoms with Gasteiger partial charge in [-0.3, -0.25) is 14.5 Å². The Hall–Kier alpha value is -3.35. The van der Waals surface area contributed by atoms with Gasteiger partial charge in [0, 0.05) is 17.8 Å². The third kappa shape index (κ3) is 6.07. The molecule has 0 atom stereocenters. The predicted octanol–water partition coefficient (Wildman–Crippen LogP) is 3.93. The number of aliphatic carboxylic acids is 1. The highest BCUT2D eigenvalue weighted by molar-refractivity contribution is 6.08. The van der Waals surface area contributed by atoms with E-state index in [1.807, 2.05) is 12.1 Å². The molecule has 0 heterocycles. The monoisotopic (exact) mass is 424 g/mol. The van der Waals surface area contributed by atoms with Crippen molar-refractivity contribution in [1.82, 2.24) is 5.32 Å². The van der Waals surface area contributed by atoms with E-state index in [0.717, 1.165) is 24.8 Å². The lowest BCUT2D eigenvalue weighted by molar-refractivity contribution is -0.135. The summed E-state index contributed by atoms with van der Waals surface area (Å²) in [7, 11) is 0. The summed E-state index contributed by atoms with van der Waals surface area (Å²) in [4.78, 5) is 37.8. The topological polar surface area (TPSA) is 95.9 Å². The Bertz CT molecular complexity index is 994. The molecular formula is C24H28N2O5. The predicted molar refractivity (Wildman–Crippen MR) is 117 cm³/mol. The molecule has 1 aliphatic rings. The third-order valence-corrected chi connectivity index (χ3v) is 4.94. The Labute approximate surface area is 182 Å². The molecule has 0 aliphatic heterocycles. The van der Waals surface area contributed by atoms with Crippen molar-refractivity contribution < 1.29 is 24.2 Å². The fourth-order valence-corrected chi connectivity index (χ4v) is 3.60. The molecule has 0 saturated carbocycles. The standard InChI is InChI=1S/C24H28N2O5/c1-24(2,3)31-23(30)25-14-16-6-4-9-19(12-16)22(29)26(15-21(27)28)20-11-10-17-7-5-8-18(17)13-20/h4,6,9-13H,5,7-8,14-15H2,1-3H3,(H,25,30)(H,27,28). The molecule has 164 valence electrons. The second kappa shape index (κ2) is 9.20. The summed E-state index contributed by atoms with van der Waals surface area (Å²) in [6.07, 6.45) is 2.47. The van der Waals surface area contributed by atoms with Gasteiger partial charge in [-0.15, -0.1) is 0 Å². The zero-order valence-electron chi connectivity index (χ0n) is 18.1. The first-order valence-electron chi connectivity index (χ1n) is 10.3. The summed E-state index contributed by atoms with van der Waals surface area (Å²) in [6, 6.07) is 12.5. The number of aryl methyl sites for hydroxylation is 2. The molecule has 3 rings (SSSR count). The molecule has 0 fully saturated rings. The minimum Gasteiger partial charge on any atom is -0.480 e. The van der Waals surface area contributed by atoms with Crippen molar-refractivity contribution in [2.75, 3.05) is 11.4 Å². The lowest BCUT2D eigenvalue weighted by atomic mass is 10.1. The molecule has 0 unspecified atom stereocenters. The highest BCUT2D eigenvalue weighted by Crippen LogP contribution is 2.27. The minimum atomic E-state index is -1.09. The Balaban J connectivity index is 1.78. The molecule has 0 radical (unpaired) electrons. The second-order valence-electron chi connectivity index (χ2n) is 8.65. The number of nitrogens with one attached hydrogen (secondary N) is 1. The van der Waals surface area contributed by atoms with Gasteiger partial charge in [0.15, 0.2) is 0 Å². The second-order valence-corrected chi connectivity index (χ2v) is 8.65. The number of anilines is 1. The van der Waals surface area contributed by atoms with Gasteiger partial charge < -0.3 is 15.2 Å². The van der Waals surface area contributed by atoms with Crippen molar-refractivity contribution in [2.45, 2.75) is 52.2 Å². The number of carbonyl (C=O) groups excluding carboxylic acids is 2. The first-order valence-corrected chi connectivity index (χ1v) is 10.3. The molecule has 2 amide bonds. The number of alkyl carbamates (subject to hydrolysis) is 1. The summed E-state index contributed by atoms with van der Waals surface area (Å²) in [6.45, 7) is 5.09. The van der Waals surface area contributed by atoms with Crippen molar-refractivity contribution in [1.29, 1.82) is 0 Å². The quantitative estimate of drug-likeness (QED) is 0.732. The average molecular weight is 424 g/mol. The molecule has 0 spiro atoms. The van der Waals surface area contributed by atoms with E-state index >= 15 is 0 Å². The number of carboxylic acid groups (broad SMARTS) is 1. The van der Waals surface area contributed by atoms with Crippen LogP contribution in [0.4, 0.5) is 10.5 Å². The van der Waals surface area contributed by atoms with Crippen LogP contribution in [-0.4, -0.2) is 35.2 Å². The molecule has 1 aliphatic carbocycles. The minimum absolute atomic E-state index is 0.188. The van der Waals surface area contributed by atoms with Crippen LogP contribution >= 0.6 is 0 Å². The Morgan fingerprint density at radius 2 is 1.81 bits per heavy atom. The zero-order chi connectivity index (χ0) is 22.6. The number of ether oxygens (including phenoxy) is 1. The van der Waals surface area contributed by atoms with Gasteiger partial charge in [-0.05, 0) is 81.0 Å². The largest absolute Gasteiger partial charge is 0.480 e. The van der Waals surface area contributed by atoms with E-state index in [4.69, 9.17) is 4.74 Å². The number of hydrogen-bond acceptors (Lipinski definition) is 4. The highest BCUT2D eigenvalue weighted by Gasteiger charge is 2.23. The molecule has 7 heteroatoms. The van der Waals surface area contributed by atoms with Crippen LogP contribution in [0.3, 0.4) is 0 Å². The van der Waals surface area contributed by atoms with E-state index in [0.29, 0.717) is 16.8 Å². The van der Waals surface area contributed by atoms with Gasteiger partial charge >= 0.3 is 12.1 Å².